The van der Waals surface area contributed by atoms with Crippen molar-refractivity contribution in [3.8, 4) is 34.0 Å². The smallest absolute Gasteiger partial charge is 0.213 e. The van der Waals surface area contributed by atoms with E-state index in [0.29, 0.717) is 23.0 Å². The number of nitrogens with zero attached hydrogens (tertiary/aromatic N) is 4. The van der Waals surface area contributed by atoms with E-state index in [2.05, 4.69) is 31.6 Å². The summed E-state index contributed by atoms with van der Waals surface area (Å²) in [4.78, 5) is 8.57. The second-order valence-corrected chi connectivity index (χ2v) is 7.91. The number of allylic oxidation sites excluding steroid dienone is 1. The molecule has 7 heteroatoms. The monoisotopic (exact) mass is 401 g/mol. The molecule has 3 aromatic rings. The molecule has 2 aromatic heterocycles. The molecule has 0 unspecified atom stereocenters. The maximum atomic E-state index is 10.6. The van der Waals surface area contributed by atoms with Crippen LogP contribution in [0.2, 0.25) is 0 Å². The largest absolute Gasteiger partial charge is 0.507 e. The first-order valence-corrected chi connectivity index (χ1v) is 10.1. The van der Waals surface area contributed by atoms with Crippen molar-refractivity contribution >= 4 is 6.08 Å². The maximum absolute atomic E-state index is 10.6. The minimum atomic E-state index is 0.126. The molecule has 5 rings (SSSR count). The zero-order chi connectivity index (χ0) is 20.5. The summed E-state index contributed by atoms with van der Waals surface area (Å²) < 4.78 is 5.17. The molecule has 0 spiro atoms. The number of phenolic OH excluding ortho intramolecular Hbond substituents is 1. The summed E-state index contributed by atoms with van der Waals surface area (Å²) >= 11 is 0. The average Bonchev–Trinajstić information content (AvgIpc) is 3.36. The molecule has 3 heterocycles. The molecule has 1 aliphatic carbocycles. The molecule has 2 fully saturated rings. The van der Waals surface area contributed by atoms with E-state index in [9.17, 15) is 5.11 Å². The summed E-state index contributed by atoms with van der Waals surface area (Å²) in [6.07, 6.45) is 7.64. The van der Waals surface area contributed by atoms with Crippen molar-refractivity contribution in [2.24, 2.45) is 11.8 Å². The van der Waals surface area contributed by atoms with Crippen molar-refractivity contribution in [2.45, 2.75) is 12.8 Å². The van der Waals surface area contributed by atoms with Crippen LogP contribution in [-0.4, -0.2) is 45.5 Å². The van der Waals surface area contributed by atoms with Gasteiger partial charge in [0, 0.05) is 17.8 Å². The van der Waals surface area contributed by atoms with Crippen LogP contribution in [0.5, 0.6) is 11.6 Å². The van der Waals surface area contributed by atoms with Gasteiger partial charge < -0.3 is 15.2 Å². The van der Waals surface area contributed by atoms with E-state index in [-0.39, 0.29) is 5.75 Å². The van der Waals surface area contributed by atoms with Crippen molar-refractivity contribution in [3.63, 3.8) is 0 Å². The molecule has 2 atom stereocenters. The fraction of sp³-hybridized carbons (Fsp3) is 0.304. The predicted octanol–water partition coefficient (Wildman–Crippen LogP) is 3.33. The minimum absolute atomic E-state index is 0.126. The maximum Gasteiger partial charge on any atom is 0.213 e. The van der Waals surface area contributed by atoms with Crippen molar-refractivity contribution in [1.29, 1.82) is 0 Å². The third-order valence-electron chi connectivity index (χ3n) is 5.99. The highest BCUT2D eigenvalue weighted by Gasteiger charge is 2.34. The Labute approximate surface area is 174 Å². The lowest BCUT2D eigenvalue weighted by Crippen LogP contribution is -2.09. The molecule has 2 aliphatic rings. The van der Waals surface area contributed by atoms with E-state index in [1.54, 1.807) is 25.6 Å². The number of nitrogens with one attached hydrogen (secondary N) is 1. The number of ether oxygens (including phenoxy) is 1. The van der Waals surface area contributed by atoms with Gasteiger partial charge >= 0.3 is 0 Å². The lowest BCUT2D eigenvalue weighted by molar-refractivity contribution is 0.398. The number of pyridine rings is 1. The molecule has 30 heavy (non-hydrogen) atoms. The van der Waals surface area contributed by atoms with E-state index >= 15 is 0 Å². The number of hydrogen-bond acceptors (Lipinski definition) is 7. The van der Waals surface area contributed by atoms with Gasteiger partial charge in [-0.2, -0.15) is 0 Å². The van der Waals surface area contributed by atoms with E-state index < -0.39 is 0 Å². The summed E-state index contributed by atoms with van der Waals surface area (Å²) in [6.45, 7) is 2.23. The number of benzene rings is 1. The summed E-state index contributed by atoms with van der Waals surface area (Å²) in [7, 11) is 1.58. The summed E-state index contributed by atoms with van der Waals surface area (Å²) in [5.74, 6) is 2.78. The highest BCUT2D eigenvalue weighted by atomic mass is 16.5. The molecule has 7 nitrogen and oxygen atoms in total. The number of phenols is 1. The van der Waals surface area contributed by atoms with Gasteiger partial charge in [-0.1, -0.05) is 11.6 Å². The highest BCUT2D eigenvalue weighted by Crippen LogP contribution is 2.38. The molecule has 1 saturated heterocycles. The topological polar surface area (TPSA) is 93.0 Å². The summed E-state index contributed by atoms with van der Waals surface area (Å²) in [5.41, 5.74) is 4.31. The van der Waals surface area contributed by atoms with Gasteiger partial charge in [0.15, 0.2) is 5.82 Å². The number of fused-ring (bicyclic) bond motifs is 1. The van der Waals surface area contributed by atoms with Crippen LogP contribution in [0, 0.1) is 11.8 Å². The quantitative estimate of drug-likeness (QED) is 0.693. The van der Waals surface area contributed by atoms with Crippen molar-refractivity contribution < 1.29 is 9.84 Å². The van der Waals surface area contributed by atoms with Crippen LogP contribution in [0.1, 0.15) is 18.7 Å². The zero-order valence-corrected chi connectivity index (χ0v) is 16.7. The first kappa shape index (κ1) is 18.7. The van der Waals surface area contributed by atoms with Crippen molar-refractivity contribution in [1.82, 2.24) is 25.5 Å². The number of aromatic nitrogens is 4. The van der Waals surface area contributed by atoms with Crippen molar-refractivity contribution in [3.05, 3.63) is 54.1 Å². The van der Waals surface area contributed by atoms with Gasteiger partial charge in [-0.3, -0.25) is 0 Å². The third kappa shape index (κ3) is 3.64. The Morgan fingerprint density at radius 3 is 2.53 bits per heavy atom. The summed E-state index contributed by atoms with van der Waals surface area (Å²) in [6, 6.07) is 9.14. The lowest BCUT2D eigenvalue weighted by Gasteiger charge is -2.08. The predicted molar refractivity (Wildman–Crippen MR) is 114 cm³/mol. The Hall–Kier alpha value is -3.32. The molecule has 0 bridgehead atoms. The molecular formula is C23H23N5O2. The van der Waals surface area contributed by atoms with Gasteiger partial charge in [-0.15, -0.1) is 10.2 Å². The normalized spacial score (nSPS) is 21.7. The number of rotatable bonds is 4. The van der Waals surface area contributed by atoms with E-state index in [0.717, 1.165) is 48.9 Å². The van der Waals surface area contributed by atoms with E-state index in [1.165, 1.54) is 5.57 Å². The van der Waals surface area contributed by atoms with Crippen LogP contribution >= 0.6 is 0 Å². The number of aromatic hydroxyl groups is 1. The van der Waals surface area contributed by atoms with E-state index in [1.807, 2.05) is 24.3 Å². The van der Waals surface area contributed by atoms with Gasteiger partial charge in [0.2, 0.25) is 5.88 Å². The fourth-order valence-electron chi connectivity index (χ4n) is 4.42. The molecular weight excluding hydrogens is 378 g/mol. The molecule has 2 N–H and O–H groups in total. The first-order valence-electron chi connectivity index (χ1n) is 10.1. The number of methoxy groups -OCH3 is 1. The fourth-order valence-corrected chi connectivity index (χ4v) is 4.42. The molecule has 1 aliphatic heterocycles. The van der Waals surface area contributed by atoms with Crippen LogP contribution < -0.4 is 10.1 Å². The molecule has 1 saturated carbocycles. The third-order valence-corrected chi connectivity index (χ3v) is 5.99. The van der Waals surface area contributed by atoms with Gasteiger partial charge in [0.05, 0.1) is 13.3 Å². The van der Waals surface area contributed by atoms with Crippen LogP contribution in [0.15, 0.2) is 48.3 Å². The molecule has 0 radical (unpaired) electrons. The van der Waals surface area contributed by atoms with Gasteiger partial charge in [0.25, 0.3) is 0 Å². The van der Waals surface area contributed by atoms with Crippen LogP contribution in [0.3, 0.4) is 0 Å². The SMILES string of the molecule is COc1cc(-c2ccc(-c3cnc(/C=C4/C[C@H]5CNC[C@H]5C4)nn3)c(O)c2)ccn1. The van der Waals surface area contributed by atoms with Crippen LogP contribution in [0.4, 0.5) is 0 Å². The van der Waals surface area contributed by atoms with Crippen LogP contribution in [-0.2, 0) is 0 Å². The zero-order valence-electron chi connectivity index (χ0n) is 16.7. The molecule has 152 valence electrons. The van der Waals surface area contributed by atoms with E-state index in [4.69, 9.17) is 4.74 Å². The lowest BCUT2D eigenvalue weighted by atomic mass is 10.0. The second kappa shape index (κ2) is 7.84. The minimum Gasteiger partial charge on any atom is -0.507 e. The second-order valence-electron chi connectivity index (χ2n) is 7.91. The van der Waals surface area contributed by atoms with Crippen LogP contribution in [0.25, 0.3) is 28.5 Å². The first-order chi connectivity index (χ1) is 14.7. The molecule has 1 aromatic carbocycles. The highest BCUT2D eigenvalue weighted by molar-refractivity contribution is 5.74. The Morgan fingerprint density at radius 2 is 1.83 bits per heavy atom. The Morgan fingerprint density at radius 1 is 1.03 bits per heavy atom. The average molecular weight is 401 g/mol. The summed E-state index contributed by atoms with van der Waals surface area (Å²) in [5, 5.41) is 22.6. The van der Waals surface area contributed by atoms with Gasteiger partial charge in [-0.25, -0.2) is 9.97 Å². The standard InChI is InChI=1S/C23H23N5O2/c1-30-23-10-16(4-5-25-23)15-2-3-19(21(29)9-15)20-13-26-22(28-27-20)8-14-6-17-11-24-12-18(17)7-14/h2-5,8-10,13,17-18,24,29H,6-7,11-12H2,1H3/b14-8-/t17-,18+/m0/s1. The van der Waals surface area contributed by atoms with Gasteiger partial charge in [-0.05, 0) is 73.2 Å². The Balaban J connectivity index is 1.35. The van der Waals surface area contributed by atoms with Crippen molar-refractivity contribution in [2.75, 3.05) is 20.2 Å². The Bertz CT molecular complexity index is 1080. The molecule has 0 amide bonds. The Kier molecular flexibility index (Phi) is 4.88. The van der Waals surface area contributed by atoms with Gasteiger partial charge in [0.1, 0.15) is 11.4 Å². The number of hydrogen-bond donors (Lipinski definition) is 2.